The summed E-state index contributed by atoms with van der Waals surface area (Å²) in [5.41, 5.74) is 0.964. The van der Waals surface area contributed by atoms with Gasteiger partial charge in [0.15, 0.2) is 0 Å². The van der Waals surface area contributed by atoms with Gasteiger partial charge in [-0.1, -0.05) is 41.9 Å². The molecule has 0 atom stereocenters. The van der Waals surface area contributed by atoms with Gasteiger partial charge in [0.25, 0.3) is 0 Å². The van der Waals surface area contributed by atoms with Gasteiger partial charge in [0.05, 0.1) is 17.0 Å². The number of sulfonamides is 1. The first-order valence-electron chi connectivity index (χ1n) is 9.54. The lowest BCUT2D eigenvalue weighted by Crippen LogP contribution is -2.47. The van der Waals surface area contributed by atoms with Crippen molar-refractivity contribution in [3.8, 4) is 0 Å². The van der Waals surface area contributed by atoms with Crippen molar-refractivity contribution in [2.75, 3.05) is 36.9 Å². The number of carbonyl (C=O) groups excluding carboxylic acids is 1. The Morgan fingerprint density at radius 2 is 1.87 bits per heavy atom. The highest BCUT2D eigenvalue weighted by molar-refractivity contribution is 7.92. The van der Waals surface area contributed by atoms with Crippen molar-refractivity contribution in [1.82, 2.24) is 5.32 Å². The third-order valence-corrected chi connectivity index (χ3v) is 6.77. The molecule has 0 spiro atoms. The predicted molar refractivity (Wildman–Crippen MR) is 115 cm³/mol. The number of carbonyl (C=O) groups is 1. The van der Waals surface area contributed by atoms with Gasteiger partial charge in [-0.2, -0.15) is 0 Å². The van der Waals surface area contributed by atoms with Crippen LogP contribution in [0.5, 0.6) is 0 Å². The predicted octanol–water partition coefficient (Wildman–Crippen LogP) is 3.11. The van der Waals surface area contributed by atoms with Crippen LogP contribution in [0.2, 0.25) is 5.02 Å². The van der Waals surface area contributed by atoms with E-state index in [0.717, 1.165) is 35.0 Å². The third kappa shape index (κ3) is 5.30. The fourth-order valence-electron chi connectivity index (χ4n) is 3.62. The van der Waals surface area contributed by atoms with E-state index in [1.165, 1.54) is 12.1 Å². The Balaban J connectivity index is 1.75. The van der Waals surface area contributed by atoms with Crippen LogP contribution >= 0.6 is 11.6 Å². The van der Waals surface area contributed by atoms with Crippen molar-refractivity contribution in [1.29, 1.82) is 0 Å². The van der Waals surface area contributed by atoms with E-state index in [9.17, 15) is 17.6 Å². The number of halogens is 2. The van der Waals surface area contributed by atoms with Crippen LogP contribution in [-0.4, -0.2) is 46.9 Å². The number of hydrogen-bond donors (Lipinski definition) is 1. The molecular formula is C21H24ClFN2O4S. The van der Waals surface area contributed by atoms with Gasteiger partial charge >= 0.3 is 0 Å². The van der Waals surface area contributed by atoms with E-state index < -0.39 is 28.3 Å². The molecule has 0 unspecified atom stereocenters. The van der Waals surface area contributed by atoms with Gasteiger partial charge < -0.3 is 10.1 Å². The first-order valence-corrected chi connectivity index (χ1v) is 11.8. The maximum Gasteiger partial charge on any atom is 0.240 e. The van der Waals surface area contributed by atoms with E-state index in [2.05, 4.69) is 5.32 Å². The molecule has 2 aromatic rings. The van der Waals surface area contributed by atoms with Crippen LogP contribution in [-0.2, 0) is 25.0 Å². The maximum absolute atomic E-state index is 13.5. The average Bonchev–Trinajstić information content (AvgIpc) is 2.73. The number of hydrogen-bond acceptors (Lipinski definition) is 4. The molecular weight excluding hydrogens is 431 g/mol. The van der Waals surface area contributed by atoms with E-state index in [0.29, 0.717) is 19.8 Å². The van der Waals surface area contributed by atoms with E-state index in [1.54, 1.807) is 0 Å². The van der Waals surface area contributed by atoms with Crippen molar-refractivity contribution in [3.05, 3.63) is 64.9 Å². The molecule has 1 heterocycles. The molecule has 0 saturated carbocycles. The zero-order chi connectivity index (χ0) is 21.8. The SMILES string of the molecule is CS(=O)(=O)N(CC(=O)NCC1(c2ccccc2)CCOCC1)c1ccc(F)c(Cl)c1. The number of nitrogens with one attached hydrogen (secondary N) is 1. The van der Waals surface area contributed by atoms with Crippen molar-refractivity contribution in [2.45, 2.75) is 18.3 Å². The Morgan fingerprint density at radius 3 is 2.47 bits per heavy atom. The molecule has 2 aromatic carbocycles. The lowest BCUT2D eigenvalue weighted by molar-refractivity contribution is -0.120. The molecule has 1 amide bonds. The van der Waals surface area contributed by atoms with Crippen LogP contribution in [0.4, 0.5) is 10.1 Å². The van der Waals surface area contributed by atoms with Crippen molar-refractivity contribution >= 4 is 33.2 Å². The summed E-state index contributed by atoms with van der Waals surface area (Å²) in [5, 5.41) is 2.67. The summed E-state index contributed by atoms with van der Waals surface area (Å²) in [6.45, 7) is 1.12. The summed E-state index contributed by atoms with van der Waals surface area (Å²) in [6, 6.07) is 13.4. The summed E-state index contributed by atoms with van der Waals surface area (Å²) < 4.78 is 44.4. The molecule has 1 fully saturated rings. The third-order valence-electron chi connectivity index (χ3n) is 5.34. The Bertz CT molecular complexity index is 995. The standard InChI is InChI=1S/C21H24ClFN2O4S/c1-30(27,28)25(17-7-8-19(23)18(22)13-17)14-20(26)24-15-21(9-11-29-12-10-21)16-5-3-2-4-6-16/h2-8,13H,9-12,14-15H2,1H3,(H,24,26). The lowest BCUT2D eigenvalue weighted by atomic mass is 9.74. The van der Waals surface area contributed by atoms with Crippen LogP contribution in [0.25, 0.3) is 0 Å². The highest BCUT2D eigenvalue weighted by Gasteiger charge is 2.35. The smallest absolute Gasteiger partial charge is 0.240 e. The number of amides is 1. The molecule has 0 aliphatic carbocycles. The van der Waals surface area contributed by atoms with E-state index in [1.807, 2.05) is 30.3 Å². The maximum atomic E-state index is 13.5. The number of rotatable bonds is 7. The topological polar surface area (TPSA) is 75.7 Å². The first kappa shape index (κ1) is 22.5. The summed E-state index contributed by atoms with van der Waals surface area (Å²) in [4.78, 5) is 12.7. The van der Waals surface area contributed by atoms with Crippen LogP contribution < -0.4 is 9.62 Å². The highest BCUT2D eigenvalue weighted by atomic mass is 35.5. The summed E-state index contributed by atoms with van der Waals surface area (Å²) >= 11 is 5.78. The van der Waals surface area contributed by atoms with Gasteiger partial charge in [0.1, 0.15) is 12.4 Å². The molecule has 1 aliphatic heterocycles. The van der Waals surface area contributed by atoms with Gasteiger partial charge in [0.2, 0.25) is 15.9 Å². The first-order chi connectivity index (χ1) is 14.2. The number of nitrogens with zero attached hydrogens (tertiary/aromatic N) is 1. The van der Waals surface area contributed by atoms with Crippen molar-refractivity contribution in [2.24, 2.45) is 0 Å². The molecule has 162 valence electrons. The summed E-state index contributed by atoms with van der Waals surface area (Å²) in [5.74, 6) is -1.12. The molecule has 0 bridgehead atoms. The van der Waals surface area contributed by atoms with Crippen molar-refractivity contribution < 1.29 is 22.3 Å². The minimum Gasteiger partial charge on any atom is -0.381 e. The molecule has 30 heavy (non-hydrogen) atoms. The molecule has 1 saturated heterocycles. The Labute approximate surface area is 181 Å². The van der Waals surface area contributed by atoms with E-state index in [4.69, 9.17) is 16.3 Å². The summed E-state index contributed by atoms with van der Waals surface area (Å²) in [7, 11) is -3.78. The Morgan fingerprint density at radius 1 is 1.20 bits per heavy atom. The number of benzene rings is 2. The molecule has 1 aliphatic rings. The van der Waals surface area contributed by atoms with Gasteiger partial charge in [-0.05, 0) is 36.6 Å². The van der Waals surface area contributed by atoms with Crippen LogP contribution in [0.1, 0.15) is 18.4 Å². The fourth-order valence-corrected chi connectivity index (χ4v) is 4.64. The zero-order valence-electron chi connectivity index (χ0n) is 16.6. The Hall–Kier alpha value is -2.16. The monoisotopic (exact) mass is 454 g/mol. The molecule has 0 radical (unpaired) electrons. The Kier molecular flexibility index (Phi) is 7.00. The zero-order valence-corrected chi connectivity index (χ0v) is 18.2. The highest BCUT2D eigenvalue weighted by Crippen LogP contribution is 2.34. The van der Waals surface area contributed by atoms with E-state index in [-0.39, 0.29) is 16.1 Å². The molecule has 3 rings (SSSR count). The van der Waals surface area contributed by atoms with Crippen LogP contribution in [0, 0.1) is 5.82 Å². The second kappa shape index (κ2) is 9.32. The second-order valence-corrected chi connectivity index (χ2v) is 9.72. The van der Waals surface area contributed by atoms with Crippen molar-refractivity contribution in [3.63, 3.8) is 0 Å². The number of ether oxygens (including phenoxy) is 1. The van der Waals surface area contributed by atoms with E-state index >= 15 is 0 Å². The van der Waals surface area contributed by atoms with Gasteiger partial charge in [-0.25, -0.2) is 12.8 Å². The molecule has 1 N–H and O–H groups in total. The van der Waals surface area contributed by atoms with Crippen LogP contribution in [0.15, 0.2) is 48.5 Å². The largest absolute Gasteiger partial charge is 0.381 e. The molecule has 9 heteroatoms. The number of anilines is 1. The molecule has 0 aromatic heterocycles. The van der Waals surface area contributed by atoms with Gasteiger partial charge in [0, 0.05) is 25.2 Å². The normalized spacial score (nSPS) is 16.1. The lowest BCUT2D eigenvalue weighted by Gasteiger charge is -2.38. The summed E-state index contributed by atoms with van der Waals surface area (Å²) in [6.07, 6.45) is 2.49. The second-order valence-electron chi connectivity index (χ2n) is 7.40. The quantitative estimate of drug-likeness (QED) is 0.697. The minimum atomic E-state index is -3.78. The molecule has 6 nitrogen and oxygen atoms in total. The van der Waals surface area contributed by atoms with Gasteiger partial charge in [-0.3, -0.25) is 9.10 Å². The average molecular weight is 455 g/mol. The minimum absolute atomic E-state index is 0.128. The van der Waals surface area contributed by atoms with Gasteiger partial charge in [-0.15, -0.1) is 0 Å². The fraction of sp³-hybridized carbons (Fsp3) is 0.381. The van der Waals surface area contributed by atoms with Crippen LogP contribution in [0.3, 0.4) is 0 Å².